The molecule has 1 unspecified atom stereocenters. The van der Waals surface area contributed by atoms with Gasteiger partial charge in [-0.05, 0) is 35.6 Å². The predicted molar refractivity (Wildman–Crippen MR) is 84.0 cm³/mol. The number of furan rings is 1. The van der Waals surface area contributed by atoms with Gasteiger partial charge in [-0.25, -0.2) is 0 Å². The van der Waals surface area contributed by atoms with E-state index in [2.05, 4.69) is 57.3 Å². The molecule has 0 aliphatic carbocycles. The van der Waals surface area contributed by atoms with E-state index in [1.54, 1.807) is 6.26 Å². The van der Waals surface area contributed by atoms with E-state index in [0.717, 1.165) is 13.0 Å². The lowest BCUT2D eigenvalue weighted by molar-refractivity contribution is 0.505. The van der Waals surface area contributed by atoms with E-state index in [4.69, 9.17) is 4.42 Å². The molecule has 0 aliphatic heterocycles. The van der Waals surface area contributed by atoms with Gasteiger partial charge >= 0.3 is 0 Å². The molecule has 0 saturated heterocycles. The van der Waals surface area contributed by atoms with Crippen LogP contribution in [-0.2, 0) is 5.41 Å². The van der Waals surface area contributed by atoms with Crippen molar-refractivity contribution in [1.82, 2.24) is 5.32 Å². The molecule has 2 heteroatoms. The van der Waals surface area contributed by atoms with Crippen molar-refractivity contribution in [3.8, 4) is 0 Å². The minimum absolute atomic E-state index is 0.206. The average Bonchev–Trinajstić information content (AvgIpc) is 2.99. The fraction of sp³-hybridized carbons (Fsp3) is 0.444. The first-order chi connectivity index (χ1) is 9.58. The topological polar surface area (TPSA) is 25.2 Å². The first kappa shape index (κ1) is 14.9. The second-order valence-corrected chi connectivity index (χ2v) is 5.91. The van der Waals surface area contributed by atoms with Crippen LogP contribution >= 0.6 is 0 Å². The summed E-state index contributed by atoms with van der Waals surface area (Å²) in [7, 11) is 0. The third-order valence-corrected chi connectivity index (χ3v) is 4.19. The molecular weight excluding hydrogens is 246 g/mol. The Kier molecular flexibility index (Phi) is 4.66. The lowest BCUT2D eigenvalue weighted by Gasteiger charge is -2.24. The quantitative estimate of drug-likeness (QED) is 0.826. The van der Waals surface area contributed by atoms with E-state index < -0.39 is 0 Å². The van der Waals surface area contributed by atoms with Crippen LogP contribution in [0.4, 0.5) is 0 Å². The van der Waals surface area contributed by atoms with Crippen LogP contribution in [-0.4, -0.2) is 6.54 Å². The summed E-state index contributed by atoms with van der Waals surface area (Å²) < 4.78 is 5.22. The van der Waals surface area contributed by atoms with E-state index in [0.29, 0.717) is 0 Å². The van der Waals surface area contributed by atoms with Gasteiger partial charge in [-0.2, -0.15) is 0 Å². The molecule has 0 bridgehead atoms. The summed E-state index contributed by atoms with van der Waals surface area (Å²) in [4.78, 5) is 0. The highest BCUT2D eigenvalue weighted by Crippen LogP contribution is 2.29. The summed E-state index contributed by atoms with van der Waals surface area (Å²) in [5, 5.41) is 3.51. The molecule has 2 aromatic rings. The van der Waals surface area contributed by atoms with Crippen molar-refractivity contribution in [2.45, 2.75) is 45.6 Å². The lowest BCUT2D eigenvalue weighted by Crippen LogP contribution is -2.22. The summed E-state index contributed by atoms with van der Waals surface area (Å²) in [6.07, 6.45) is 4.69. The minimum atomic E-state index is 0.206. The van der Waals surface area contributed by atoms with Crippen LogP contribution in [0.25, 0.3) is 0 Å². The van der Waals surface area contributed by atoms with Gasteiger partial charge in [0.25, 0.3) is 0 Å². The zero-order valence-corrected chi connectivity index (χ0v) is 12.9. The number of rotatable bonds is 6. The zero-order chi connectivity index (χ0) is 14.6. The van der Waals surface area contributed by atoms with Crippen LogP contribution in [0, 0.1) is 0 Å². The molecule has 0 aliphatic rings. The molecule has 1 aromatic carbocycles. The van der Waals surface area contributed by atoms with Crippen molar-refractivity contribution in [2.75, 3.05) is 6.54 Å². The van der Waals surface area contributed by atoms with Gasteiger partial charge in [-0.3, -0.25) is 0 Å². The third-order valence-electron chi connectivity index (χ3n) is 4.19. The van der Waals surface area contributed by atoms with Gasteiger partial charge in [0, 0.05) is 5.56 Å². The second-order valence-electron chi connectivity index (χ2n) is 5.91. The van der Waals surface area contributed by atoms with E-state index in [1.165, 1.54) is 16.7 Å². The Morgan fingerprint density at radius 2 is 1.75 bits per heavy atom. The van der Waals surface area contributed by atoms with Gasteiger partial charge in [0.1, 0.15) is 0 Å². The molecule has 1 N–H and O–H groups in total. The highest BCUT2D eigenvalue weighted by molar-refractivity contribution is 5.34. The zero-order valence-electron chi connectivity index (χ0n) is 12.9. The third kappa shape index (κ3) is 3.13. The molecule has 108 valence electrons. The second kappa shape index (κ2) is 6.27. The smallest absolute Gasteiger partial charge is 0.0953 e. The van der Waals surface area contributed by atoms with Crippen LogP contribution in [0.2, 0.25) is 0 Å². The molecule has 0 fully saturated rings. The molecular formula is C18H25NO. The van der Waals surface area contributed by atoms with E-state index in [-0.39, 0.29) is 11.5 Å². The molecule has 20 heavy (non-hydrogen) atoms. The number of hydrogen-bond acceptors (Lipinski definition) is 2. The van der Waals surface area contributed by atoms with Crippen molar-refractivity contribution in [3.63, 3.8) is 0 Å². The maximum atomic E-state index is 5.22. The van der Waals surface area contributed by atoms with E-state index in [1.807, 2.05) is 12.3 Å². The van der Waals surface area contributed by atoms with E-state index in [9.17, 15) is 0 Å². The molecule has 0 spiro atoms. The fourth-order valence-corrected chi connectivity index (χ4v) is 2.40. The van der Waals surface area contributed by atoms with Gasteiger partial charge in [-0.15, -0.1) is 0 Å². The van der Waals surface area contributed by atoms with Crippen LogP contribution in [0.15, 0.2) is 47.3 Å². The first-order valence-corrected chi connectivity index (χ1v) is 7.44. The van der Waals surface area contributed by atoms with Gasteiger partial charge in [0.05, 0.1) is 18.6 Å². The van der Waals surface area contributed by atoms with Crippen molar-refractivity contribution in [1.29, 1.82) is 0 Å². The normalized spacial score (nSPS) is 13.4. The Bertz CT molecular complexity index is 511. The summed E-state index contributed by atoms with van der Waals surface area (Å²) in [5.74, 6) is 0. The van der Waals surface area contributed by atoms with Gasteiger partial charge < -0.3 is 9.73 Å². The fourth-order valence-electron chi connectivity index (χ4n) is 2.40. The van der Waals surface area contributed by atoms with E-state index >= 15 is 0 Å². The summed E-state index contributed by atoms with van der Waals surface area (Å²) in [6, 6.07) is 11.2. The standard InChI is InChI=1S/C18H25NO/c1-5-18(3,4)16-9-7-14(8-10-16)17(19-6-2)15-11-12-20-13-15/h7-13,17,19H,5-6H2,1-4H3. The number of benzene rings is 1. The maximum Gasteiger partial charge on any atom is 0.0953 e. The van der Waals surface area contributed by atoms with Crippen LogP contribution in [0.5, 0.6) is 0 Å². The summed E-state index contributed by atoms with van der Waals surface area (Å²) in [5.41, 5.74) is 4.09. The highest BCUT2D eigenvalue weighted by atomic mass is 16.3. The lowest BCUT2D eigenvalue weighted by atomic mass is 9.81. The average molecular weight is 271 g/mol. The highest BCUT2D eigenvalue weighted by Gasteiger charge is 2.19. The van der Waals surface area contributed by atoms with Gasteiger partial charge in [0.2, 0.25) is 0 Å². The van der Waals surface area contributed by atoms with Gasteiger partial charge in [-0.1, -0.05) is 52.0 Å². The van der Waals surface area contributed by atoms with Crippen molar-refractivity contribution in [2.24, 2.45) is 0 Å². The monoisotopic (exact) mass is 271 g/mol. The molecule has 0 saturated carbocycles. The van der Waals surface area contributed by atoms with Crippen molar-refractivity contribution < 1.29 is 4.42 Å². The maximum absolute atomic E-state index is 5.22. The Balaban J connectivity index is 2.27. The van der Waals surface area contributed by atoms with Crippen LogP contribution in [0.1, 0.15) is 56.8 Å². The first-order valence-electron chi connectivity index (χ1n) is 7.44. The Morgan fingerprint density at radius 3 is 2.25 bits per heavy atom. The van der Waals surface area contributed by atoms with Crippen LogP contribution in [0.3, 0.4) is 0 Å². The molecule has 1 aromatic heterocycles. The summed E-state index contributed by atoms with van der Waals surface area (Å²) >= 11 is 0. The Labute approximate surface area is 122 Å². The molecule has 1 atom stereocenters. The predicted octanol–water partition coefficient (Wildman–Crippen LogP) is 4.67. The minimum Gasteiger partial charge on any atom is -0.472 e. The van der Waals surface area contributed by atoms with Gasteiger partial charge in [0.15, 0.2) is 0 Å². The largest absolute Gasteiger partial charge is 0.472 e. The van der Waals surface area contributed by atoms with Crippen molar-refractivity contribution >= 4 is 0 Å². The Morgan fingerprint density at radius 1 is 1.05 bits per heavy atom. The number of hydrogen-bond donors (Lipinski definition) is 1. The number of nitrogens with one attached hydrogen (secondary N) is 1. The van der Waals surface area contributed by atoms with Crippen molar-refractivity contribution in [3.05, 3.63) is 59.5 Å². The van der Waals surface area contributed by atoms with Crippen LogP contribution < -0.4 is 5.32 Å². The molecule has 0 amide bonds. The molecule has 2 rings (SSSR count). The molecule has 2 nitrogen and oxygen atoms in total. The molecule has 0 radical (unpaired) electrons. The SMILES string of the molecule is CCNC(c1ccc(C(C)(C)CC)cc1)c1ccoc1. The summed E-state index contributed by atoms with van der Waals surface area (Å²) in [6.45, 7) is 9.88. The molecule has 1 heterocycles. The Hall–Kier alpha value is -1.54.